The number of ether oxygens (including phenoxy) is 2. The first-order chi connectivity index (χ1) is 15.3. The molecule has 0 spiro atoms. The highest BCUT2D eigenvalue weighted by molar-refractivity contribution is 5.94. The third-order valence-corrected chi connectivity index (χ3v) is 5.72. The molecule has 6 heteroatoms. The number of hydrogen-bond donors (Lipinski definition) is 2. The number of para-hydroxylation sites is 1. The predicted molar refractivity (Wildman–Crippen MR) is 123 cm³/mol. The van der Waals surface area contributed by atoms with Crippen LogP contribution in [0.5, 0.6) is 0 Å². The van der Waals surface area contributed by atoms with Gasteiger partial charge in [0.2, 0.25) is 0 Å². The minimum absolute atomic E-state index is 0.0713. The summed E-state index contributed by atoms with van der Waals surface area (Å²) in [5, 5.41) is 14.8. The van der Waals surface area contributed by atoms with E-state index in [1.165, 1.54) is 0 Å². The topological polar surface area (TPSA) is 84.9 Å². The van der Waals surface area contributed by atoms with Crippen molar-refractivity contribution >= 4 is 17.6 Å². The molecule has 170 valence electrons. The zero-order valence-electron chi connectivity index (χ0n) is 19.1. The molecular weight excluding hydrogens is 406 g/mol. The van der Waals surface area contributed by atoms with Crippen molar-refractivity contribution in [3.8, 4) is 0 Å². The van der Waals surface area contributed by atoms with E-state index in [1.807, 2.05) is 61.5 Å². The highest BCUT2D eigenvalue weighted by Crippen LogP contribution is 2.48. The molecule has 2 aromatic rings. The molecule has 2 aromatic carbocycles. The maximum Gasteiger partial charge on any atom is 0.336 e. The molecule has 3 atom stereocenters. The zero-order chi connectivity index (χ0) is 23.3. The Balaban J connectivity index is 2.23. The normalized spacial score (nSPS) is 22.9. The Hall–Kier alpha value is -3.12. The first-order valence-electron chi connectivity index (χ1n) is 11.0. The van der Waals surface area contributed by atoms with Gasteiger partial charge in [0.25, 0.3) is 0 Å². The van der Waals surface area contributed by atoms with Gasteiger partial charge in [0.15, 0.2) is 0 Å². The van der Waals surface area contributed by atoms with E-state index in [4.69, 9.17) is 9.47 Å². The summed E-state index contributed by atoms with van der Waals surface area (Å²) in [5.74, 6) is -2.75. The van der Waals surface area contributed by atoms with Gasteiger partial charge in [-0.05, 0) is 45.4 Å². The highest BCUT2D eigenvalue weighted by Gasteiger charge is 2.52. The maximum absolute atomic E-state index is 13.2. The number of hydrogen-bond acceptors (Lipinski definition) is 6. The van der Waals surface area contributed by atoms with Crippen LogP contribution in [-0.2, 0) is 19.1 Å². The number of anilines is 1. The molecule has 0 aromatic heterocycles. The van der Waals surface area contributed by atoms with Gasteiger partial charge in [0.1, 0.15) is 0 Å². The van der Waals surface area contributed by atoms with Gasteiger partial charge >= 0.3 is 11.9 Å². The summed E-state index contributed by atoms with van der Waals surface area (Å²) < 4.78 is 10.8. The largest absolute Gasteiger partial charge is 0.466 e. The molecular formula is C26H31NO5. The summed E-state index contributed by atoms with van der Waals surface area (Å²) in [6, 6.07) is 17.0. The molecule has 0 saturated carbocycles. The second-order valence-electron chi connectivity index (χ2n) is 8.26. The minimum Gasteiger partial charge on any atom is -0.466 e. The van der Waals surface area contributed by atoms with Crippen LogP contribution in [0.25, 0.3) is 0 Å². The van der Waals surface area contributed by atoms with Crippen molar-refractivity contribution < 1.29 is 24.2 Å². The van der Waals surface area contributed by atoms with E-state index in [1.54, 1.807) is 20.8 Å². The van der Waals surface area contributed by atoms with Gasteiger partial charge in [0, 0.05) is 23.7 Å². The molecule has 0 radical (unpaired) electrons. The molecule has 0 fully saturated rings. The molecule has 3 rings (SSSR count). The molecule has 6 nitrogen and oxygen atoms in total. The number of rotatable bonds is 7. The van der Waals surface area contributed by atoms with Crippen LogP contribution in [0, 0.1) is 12.8 Å². The Morgan fingerprint density at radius 3 is 2.25 bits per heavy atom. The number of aryl methyl sites for hydroxylation is 1. The average molecular weight is 438 g/mol. The first kappa shape index (κ1) is 23.5. The summed E-state index contributed by atoms with van der Waals surface area (Å²) in [7, 11) is 0. The van der Waals surface area contributed by atoms with E-state index in [9.17, 15) is 14.7 Å². The lowest BCUT2D eigenvalue weighted by Gasteiger charge is -2.43. The highest BCUT2D eigenvalue weighted by atomic mass is 16.5. The van der Waals surface area contributed by atoms with E-state index in [2.05, 4.69) is 5.32 Å². The van der Waals surface area contributed by atoms with Crippen LogP contribution in [-0.4, -0.2) is 35.9 Å². The molecule has 32 heavy (non-hydrogen) atoms. The van der Waals surface area contributed by atoms with E-state index in [0.717, 1.165) is 16.8 Å². The van der Waals surface area contributed by atoms with Gasteiger partial charge in [-0.25, -0.2) is 4.79 Å². The minimum atomic E-state index is -1.45. The molecule has 1 aliphatic carbocycles. The van der Waals surface area contributed by atoms with Crippen LogP contribution in [0.4, 0.5) is 5.69 Å². The number of aliphatic hydroxyl groups is 1. The summed E-state index contributed by atoms with van der Waals surface area (Å²) >= 11 is 0. The molecule has 0 bridgehead atoms. The molecule has 0 heterocycles. The van der Waals surface area contributed by atoms with Crippen LogP contribution >= 0.6 is 0 Å². The fourth-order valence-electron chi connectivity index (χ4n) is 4.30. The summed E-state index contributed by atoms with van der Waals surface area (Å²) in [6.07, 6.45) is 0.0713. The first-order valence-corrected chi connectivity index (χ1v) is 11.0. The molecule has 2 N–H and O–H groups in total. The van der Waals surface area contributed by atoms with E-state index >= 15 is 0 Å². The van der Waals surface area contributed by atoms with Crippen LogP contribution in [0.1, 0.15) is 44.2 Å². The Labute approximate surface area is 189 Å². The van der Waals surface area contributed by atoms with Gasteiger partial charge < -0.3 is 19.9 Å². The van der Waals surface area contributed by atoms with Crippen molar-refractivity contribution in [3.05, 3.63) is 77.0 Å². The fraction of sp³-hybridized carbons (Fsp3) is 0.385. The summed E-state index contributed by atoms with van der Waals surface area (Å²) in [6.45, 7) is 7.42. The number of carbonyl (C=O) groups is 2. The van der Waals surface area contributed by atoms with Gasteiger partial charge in [-0.1, -0.05) is 48.0 Å². The molecule has 0 amide bonds. The zero-order valence-corrected chi connectivity index (χ0v) is 19.1. The van der Waals surface area contributed by atoms with E-state index in [-0.39, 0.29) is 19.6 Å². The van der Waals surface area contributed by atoms with E-state index in [0.29, 0.717) is 11.3 Å². The lowest BCUT2D eigenvalue weighted by atomic mass is 9.65. The molecule has 0 unspecified atom stereocenters. The van der Waals surface area contributed by atoms with Gasteiger partial charge in [-0.2, -0.15) is 0 Å². The lowest BCUT2D eigenvalue weighted by molar-refractivity contribution is -0.159. The standard InChI is InChI=1S/C26H31NO5/c1-5-31-24(28)22-20(27-19-10-8-7-9-11-19)16-26(4,30)23(25(29)32-6-2)21(22)18-14-12-17(3)13-15-18/h7-15,21,23,27,30H,5-6,16H2,1-4H3/t21-,23-,26+/m1/s1. The second kappa shape index (κ2) is 10.0. The number of nitrogens with one attached hydrogen (secondary N) is 1. The van der Waals surface area contributed by atoms with Crippen molar-refractivity contribution in [2.75, 3.05) is 18.5 Å². The SMILES string of the molecule is CCOC(=O)C1=C(Nc2ccccc2)C[C@](C)(O)[C@@H](C(=O)OCC)[C@@H]1c1ccc(C)cc1. The Morgan fingerprint density at radius 1 is 1.03 bits per heavy atom. The second-order valence-corrected chi connectivity index (χ2v) is 8.26. The molecule has 0 saturated heterocycles. The number of carbonyl (C=O) groups excluding carboxylic acids is 2. The average Bonchev–Trinajstić information content (AvgIpc) is 2.74. The van der Waals surface area contributed by atoms with Crippen molar-refractivity contribution in [1.82, 2.24) is 0 Å². The number of esters is 2. The van der Waals surface area contributed by atoms with Crippen LogP contribution < -0.4 is 5.32 Å². The van der Waals surface area contributed by atoms with Crippen molar-refractivity contribution in [1.29, 1.82) is 0 Å². The van der Waals surface area contributed by atoms with Crippen LogP contribution in [0.2, 0.25) is 0 Å². The van der Waals surface area contributed by atoms with Crippen LogP contribution in [0.3, 0.4) is 0 Å². The Morgan fingerprint density at radius 2 is 1.66 bits per heavy atom. The predicted octanol–water partition coefficient (Wildman–Crippen LogP) is 4.34. The summed E-state index contributed by atoms with van der Waals surface area (Å²) in [5.41, 5.74) is 1.99. The van der Waals surface area contributed by atoms with Crippen molar-refractivity contribution in [3.63, 3.8) is 0 Å². The maximum atomic E-state index is 13.2. The van der Waals surface area contributed by atoms with Crippen molar-refractivity contribution in [2.45, 2.75) is 45.6 Å². The molecule has 1 aliphatic rings. The van der Waals surface area contributed by atoms with Crippen molar-refractivity contribution in [2.24, 2.45) is 5.92 Å². The monoisotopic (exact) mass is 437 g/mol. The van der Waals surface area contributed by atoms with E-state index < -0.39 is 29.4 Å². The smallest absolute Gasteiger partial charge is 0.336 e. The van der Waals surface area contributed by atoms with Gasteiger partial charge in [-0.15, -0.1) is 0 Å². The Kier molecular flexibility index (Phi) is 7.36. The van der Waals surface area contributed by atoms with Gasteiger partial charge in [0.05, 0.1) is 30.3 Å². The number of benzene rings is 2. The quantitative estimate of drug-likeness (QED) is 0.627. The summed E-state index contributed by atoms with van der Waals surface area (Å²) in [4.78, 5) is 26.3. The van der Waals surface area contributed by atoms with Crippen LogP contribution in [0.15, 0.2) is 65.9 Å². The Bertz CT molecular complexity index is 979. The third-order valence-electron chi connectivity index (χ3n) is 5.72. The lowest BCUT2D eigenvalue weighted by Crippen LogP contribution is -2.49. The third kappa shape index (κ3) is 5.02. The van der Waals surface area contributed by atoms with Gasteiger partial charge in [-0.3, -0.25) is 4.79 Å². The molecule has 0 aliphatic heterocycles. The fourth-order valence-corrected chi connectivity index (χ4v) is 4.30.